The molecule has 0 aliphatic heterocycles. The van der Waals surface area contributed by atoms with Crippen molar-refractivity contribution in [2.75, 3.05) is 11.9 Å². The van der Waals surface area contributed by atoms with Crippen molar-refractivity contribution in [1.29, 1.82) is 0 Å². The molecule has 114 valence electrons. The van der Waals surface area contributed by atoms with Gasteiger partial charge in [-0.25, -0.2) is 9.97 Å². The van der Waals surface area contributed by atoms with Crippen LogP contribution in [0, 0.1) is 0 Å². The predicted octanol–water partition coefficient (Wildman–Crippen LogP) is 4.19. The minimum atomic E-state index is -0.0175. The summed E-state index contributed by atoms with van der Waals surface area (Å²) in [6, 6.07) is 7.71. The van der Waals surface area contributed by atoms with E-state index in [-0.39, 0.29) is 12.6 Å². The molecular formula is C16H16ClN3OS. The van der Waals surface area contributed by atoms with E-state index >= 15 is 0 Å². The quantitative estimate of drug-likeness (QED) is 0.735. The highest BCUT2D eigenvalue weighted by Crippen LogP contribution is 2.37. The van der Waals surface area contributed by atoms with E-state index in [1.807, 2.05) is 31.2 Å². The normalized spacial score (nSPS) is 12.5. The summed E-state index contributed by atoms with van der Waals surface area (Å²) in [6.07, 6.45) is 2.37. The minimum absolute atomic E-state index is 0.0175. The number of aliphatic hydroxyl groups excluding tert-OH is 1. The molecule has 3 rings (SSSR count). The fourth-order valence-electron chi connectivity index (χ4n) is 2.30. The Bertz CT molecular complexity index is 769. The number of aliphatic hydroxyl groups is 1. The van der Waals surface area contributed by atoms with Gasteiger partial charge >= 0.3 is 0 Å². The van der Waals surface area contributed by atoms with Gasteiger partial charge in [0.25, 0.3) is 0 Å². The molecule has 0 saturated carbocycles. The number of hydrogen-bond acceptors (Lipinski definition) is 5. The first-order chi connectivity index (χ1) is 10.7. The van der Waals surface area contributed by atoms with Crippen molar-refractivity contribution in [3.05, 3.63) is 41.0 Å². The SMILES string of the molecule is CC[C@@H](CO)Nc1ncnc2scc(-c3ccc(Cl)cc3)c12. The van der Waals surface area contributed by atoms with Crippen LogP contribution >= 0.6 is 22.9 Å². The van der Waals surface area contributed by atoms with E-state index in [4.69, 9.17) is 11.6 Å². The van der Waals surface area contributed by atoms with Crippen molar-refractivity contribution < 1.29 is 5.11 Å². The summed E-state index contributed by atoms with van der Waals surface area (Å²) in [4.78, 5) is 9.64. The van der Waals surface area contributed by atoms with E-state index in [2.05, 4.69) is 20.7 Å². The third-order valence-electron chi connectivity index (χ3n) is 3.58. The van der Waals surface area contributed by atoms with E-state index in [1.165, 1.54) is 0 Å². The summed E-state index contributed by atoms with van der Waals surface area (Å²) < 4.78 is 0. The lowest BCUT2D eigenvalue weighted by Gasteiger charge is -2.15. The van der Waals surface area contributed by atoms with Crippen LogP contribution in [0.5, 0.6) is 0 Å². The highest BCUT2D eigenvalue weighted by atomic mass is 35.5. The molecule has 4 nitrogen and oxygen atoms in total. The number of nitrogens with one attached hydrogen (secondary N) is 1. The molecular weight excluding hydrogens is 318 g/mol. The van der Waals surface area contributed by atoms with Gasteiger partial charge in [-0.05, 0) is 24.1 Å². The van der Waals surface area contributed by atoms with Gasteiger partial charge in [-0.2, -0.15) is 0 Å². The average Bonchev–Trinajstić information content (AvgIpc) is 2.98. The van der Waals surface area contributed by atoms with E-state index in [0.29, 0.717) is 5.02 Å². The van der Waals surface area contributed by atoms with Gasteiger partial charge < -0.3 is 10.4 Å². The van der Waals surface area contributed by atoms with Crippen molar-refractivity contribution in [3.63, 3.8) is 0 Å². The molecule has 0 aliphatic rings. The zero-order valence-corrected chi connectivity index (χ0v) is 13.7. The molecule has 2 N–H and O–H groups in total. The second kappa shape index (κ2) is 6.60. The summed E-state index contributed by atoms with van der Waals surface area (Å²) in [5.41, 5.74) is 2.15. The van der Waals surface area contributed by atoms with Crippen molar-refractivity contribution in [2.45, 2.75) is 19.4 Å². The lowest BCUT2D eigenvalue weighted by Crippen LogP contribution is -2.23. The van der Waals surface area contributed by atoms with Crippen LogP contribution in [0.3, 0.4) is 0 Å². The molecule has 3 aromatic rings. The lowest BCUT2D eigenvalue weighted by molar-refractivity contribution is 0.271. The van der Waals surface area contributed by atoms with E-state index in [9.17, 15) is 5.11 Å². The molecule has 0 radical (unpaired) electrons. The lowest BCUT2D eigenvalue weighted by atomic mass is 10.1. The Balaban J connectivity index is 2.10. The van der Waals surface area contributed by atoms with E-state index in [1.54, 1.807) is 17.7 Å². The summed E-state index contributed by atoms with van der Waals surface area (Å²) >= 11 is 7.55. The highest BCUT2D eigenvalue weighted by Gasteiger charge is 2.15. The van der Waals surface area contributed by atoms with Crippen molar-refractivity contribution in [1.82, 2.24) is 9.97 Å². The van der Waals surface area contributed by atoms with Gasteiger partial charge in [0.15, 0.2) is 0 Å². The zero-order chi connectivity index (χ0) is 15.5. The Morgan fingerprint density at radius 3 is 2.73 bits per heavy atom. The molecule has 0 spiro atoms. The Morgan fingerprint density at radius 1 is 1.27 bits per heavy atom. The third kappa shape index (κ3) is 2.92. The summed E-state index contributed by atoms with van der Waals surface area (Å²) in [5.74, 6) is 0.761. The number of aromatic nitrogens is 2. The molecule has 0 bridgehead atoms. The van der Waals surface area contributed by atoms with Gasteiger partial charge in [0.05, 0.1) is 18.0 Å². The average molecular weight is 334 g/mol. The van der Waals surface area contributed by atoms with Gasteiger partial charge in [-0.3, -0.25) is 0 Å². The molecule has 6 heteroatoms. The molecule has 1 atom stereocenters. The molecule has 0 amide bonds. The third-order valence-corrected chi connectivity index (χ3v) is 4.72. The van der Waals surface area contributed by atoms with Crippen LogP contribution in [0.15, 0.2) is 36.0 Å². The maximum Gasteiger partial charge on any atom is 0.139 e. The van der Waals surface area contributed by atoms with Gasteiger partial charge in [-0.1, -0.05) is 30.7 Å². The van der Waals surface area contributed by atoms with Crippen LogP contribution in [-0.4, -0.2) is 27.7 Å². The topological polar surface area (TPSA) is 58.0 Å². The maximum absolute atomic E-state index is 9.41. The zero-order valence-electron chi connectivity index (χ0n) is 12.1. The Morgan fingerprint density at radius 2 is 2.05 bits per heavy atom. The van der Waals surface area contributed by atoms with E-state index < -0.39 is 0 Å². The van der Waals surface area contributed by atoms with Gasteiger partial charge in [-0.15, -0.1) is 11.3 Å². The minimum Gasteiger partial charge on any atom is -0.394 e. The van der Waals surface area contributed by atoms with Crippen molar-refractivity contribution in [2.24, 2.45) is 0 Å². The van der Waals surface area contributed by atoms with Crippen LogP contribution < -0.4 is 5.32 Å². The Labute approximate surface area is 137 Å². The standard InChI is InChI=1S/C16H16ClN3OS/c1-2-12(7-21)20-15-14-13(8-22-16(14)19-9-18-15)10-3-5-11(17)6-4-10/h3-6,8-9,12,21H,2,7H2,1H3,(H,18,19,20)/t12-/m0/s1. The second-order valence-electron chi connectivity index (χ2n) is 4.99. The molecule has 0 saturated heterocycles. The van der Waals surface area contributed by atoms with Crippen LogP contribution in [0.4, 0.5) is 5.82 Å². The largest absolute Gasteiger partial charge is 0.394 e. The number of halogens is 1. The number of rotatable bonds is 5. The summed E-state index contributed by atoms with van der Waals surface area (Å²) in [7, 11) is 0. The van der Waals surface area contributed by atoms with Crippen molar-refractivity contribution in [3.8, 4) is 11.1 Å². The number of nitrogens with zero attached hydrogens (tertiary/aromatic N) is 2. The maximum atomic E-state index is 9.41. The van der Waals surface area contributed by atoms with Crippen LogP contribution in [0.25, 0.3) is 21.3 Å². The van der Waals surface area contributed by atoms with Crippen LogP contribution in [-0.2, 0) is 0 Å². The number of hydrogen-bond donors (Lipinski definition) is 2. The first-order valence-corrected chi connectivity index (χ1v) is 8.34. The number of thiophene rings is 1. The summed E-state index contributed by atoms with van der Waals surface area (Å²) in [5, 5.41) is 16.5. The summed E-state index contributed by atoms with van der Waals surface area (Å²) in [6.45, 7) is 2.10. The fraction of sp³-hybridized carbons (Fsp3) is 0.250. The Hall–Kier alpha value is -1.69. The number of benzene rings is 1. The molecule has 2 aromatic heterocycles. The molecule has 0 unspecified atom stereocenters. The van der Waals surface area contributed by atoms with Crippen LogP contribution in [0.2, 0.25) is 5.02 Å². The van der Waals surface area contributed by atoms with Gasteiger partial charge in [0, 0.05) is 16.0 Å². The first kappa shape index (κ1) is 15.2. The molecule has 22 heavy (non-hydrogen) atoms. The monoisotopic (exact) mass is 333 g/mol. The molecule has 0 aliphatic carbocycles. The highest BCUT2D eigenvalue weighted by molar-refractivity contribution is 7.17. The van der Waals surface area contributed by atoms with Gasteiger partial charge in [0.2, 0.25) is 0 Å². The van der Waals surface area contributed by atoms with Crippen LogP contribution in [0.1, 0.15) is 13.3 Å². The fourth-order valence-corrected chi connectivity index (χ4v) is 3.34. The number of anilines is 1. The predicted molar refractivity (Wildman–Crippen MR) is 92.6 cm³/mol. The smallest absolute Gasteiger partial charge is 0.139 e. The first-order valence-electron chi connectivity index (χ1n) is 7.08. The van der Waals surface area contributed by atoms with Crippen molar-refractivity contribution >= 4 is 39.0 Å². The number of fused-ring (bicyclic) bond motifs is 1. The molecule has 0 fully saturated rings. The second-order valence-corrected chi connectivity index (χ2v) is 6.29. The Kier molecular flexibility index (Phi) is 4.57. The molecule has 1 aromatic carbocycles. The molecule has 2 heterocycles. The van der Waals surface area contributed by atoms with Gasteiger partial charge in [0.1, 0.15) is 17.0 Å². The van der Waals surface area contributed by atoms with E-state index in [0.717, 1.165) is 33.6 Å².